The van der Waals surface area contributed by atoms with Crippen LogP contribution >= 0.6 is 0 Å². The molecule has 5 nitrogen and oxygen atoms in total. The smallest absolute Gasteiger partial charge is 0.242 e. The van der Waals surface area contributed by atoms with E-state index in [-0.39, 0.29) is 30.9 Å². The molecule has 1 aromatic rings. The molecule has 1 fully saturated rings. The van der Waals surface area contributed by atoms with Crippen molar-refractivity contribution >= 4 is 11.8 Å². The van der Waals surface area contributed by atoms with Crippen molar-refractivity contribution in [3.8, 4) is 0 Å². The zero-order chi connectivity index (χ0) is 13.7. The fraction of sp³-hybridized carbons (Fsp3) is 0.429. The second kappa shape index (κ2) is 6.33. The molecule has 1 aliphatic heterocycles. The Labute approximate surface area is 112 Å². The fourth-order valence-corrected chi connectivity index (χ4v) is 2.17. The number of hydrogen-bond donors (Lipinski definition) is 3. The van der Waals surface area contributed by atoms with Crippen LogP contribution in [0.1, 0.15) is 18.4 Å². The summed E-state index contributed by atoms with van der Waals surface area (Å²) in [6.45, 7) is -0.0591. The van der Waals surface area contributed by atoms with Gasteiger partial charge in [0.05, 0.1) is 19.1 Å². The largest absolute Gasteiger partial charge is 0.394 e. The first-order valence-corrected chi connectivity index (χ1v) is 6.43. The Bertz CT molecular complexity index is 447. The zero-order valence-corrected chi connectivity index (χ0v) is 10.6. The maximum atomic E-state index is 11.8. The average Bonchev–Trinajstić information content (AvgIpc) is 2.42. The number of aliphatic hydroxyl groups excluding tert-OH is 1. The first-order valence-electron chi connectivity index (χ1n) is 6.43. The lowest BCUT2D eigenvalue weighted by molar-refractivity contribution is -0.131. The van der Waals surface area contributed by atoms with Gasteiger partial charge in [-0.15, -0.1) is 0 Å². The first-order chi connectivity index (χ1) is 9.19. The van der Waals surface area contributed by atoms with Gasteiger partial charge in [-0.3, -0.25) is 9.59 Å². The van der Waals surface area contributed by atoms with Gasteiger partial charge in [0.25, 0.3) is 0 Å². The van der Waals surface area contributed by atoms with Crippen LogP contribution in [0, 0.1) is 0 Å². The van der Waals surface area contributed by atoms with Gasteiger partial charge in [-0.2, -0.15) is 0 Å². The van der Waals surface area contributed by atoms with Crippen molar-refractivity contribution < 1.29 is 14.7 Å². The molecule has 5 heteroatoms. The molecule has 0 spiro atoms. The van der Waals surface area contributed by atoms with E-state index in [0.29, 0.717) is 12.8 Å². The van der Waals surface area contributed by atoms with Crippen LogP contribution in [-0.4, -0.2) is 35.6 Å². The number of nitrogens with one attached hydrogen (secondary N) is 2. The van der Waals surface area contributed by atoms with Crippen LogP contribution < -0.4 is 10.6 Å². The van der Waals surface area contributed by atoms with E-state index in [1.165, 1.54) is 0 Å². The van der Waals surface area contributed by atoms with Gasteiger partial charge in [-0.1, -0.05) is 30.3 Å². The number of amides is 2. The van der Waals surface area contributed by atoms with Crippen LogP contribution in [0.15, 0.2) is 30.3 Å². The summed E-state index contributed by atoms with van der Waals surface area (Å²) in [6, 6.07) is 8.73. The summed E-state index contributed by atoms with van der Waals surface area (Å²) in [5.74, 6) is -0.375. The maximum Gasteiger partial charge on any atom is 0.242 e. The molecule has 0 radical (unpaired) electrons. The van der Waals surface area contributed by atoms with Crippen molar-refractivity contribution in [2.45, 2.75) is 31.3 Å². The number of carbonyl (C=O) groups excluding carboxylic acids is 2. The normalized spacial score (nSPS) is 22.7. The molecule has 3 N–H and O–H groups in total. The van der Waals surface area contributed by atoms with Crippen LogP contribution in [0.5, 0.6) is 0 Å². The summed E-state index contributed by atoms with van der Waals surface area (Å²) in [6.07, 6.45) is 1.52. The summed E-state index contributed by atoms with van der Waals surface area (Å²) in [5, 5.41) is 14.4. The van der Waals surface area contributed by atoms with E-state index in [1.54, 1.807) is 0 Å². The van der Waals surface area contributed by atoms with Crippen molar-refractivity contribution in [2.75, 3.05) is 6.61 Å². The maximum absolute atomic E-state index is 11.8. The molecular weight excluding hydrogens is 244 g/mol. The first kappa shape index (κ1) is 13.5. The number of benzene rings is 1. The van der Waals surface area contributed by atoms with E-state index in [1.807, 2.05) is 30.3 Å². The van der Waals surface area contributed by atoms with Gasteiger partial charge in [0.15, 0.2) is 0 Å². The summed E-state index contributed by atoms with van der Waals surface area (Å²) in [4.78, 5) is 23.6. The average molecular weight is 262 g/mol. The van der Waals surface area contributed by atoms with Gasteiger partial charge >= 0.3 is 0 Å². The molecule has 2 rings (SSSR count). The molecule has 2 atom stereocenters. The number of piperidine rings is 1. The Hall–Kier alpha value is -1.88. The van der Waals surface area contributed by atoms with Gasteiger partial charge in [0.2, 0.25) is 11.8 Å². The van der Waals surface area contributed by atoms with E-state index >= 15 is 0 Å². The third kappa shape index (κ3) is 3.79. The Morgan fingerprint density at radius 3 is 2.68 bits per heavy atom. The number of aliphatic hydroxyl groups is 1. The number of hydrogen-bond acceptors (Lipinski definition) is 3. The molecule has 102 valence electrons. The molecular formula is C14H18N2O3. The molecule has 19 heavy (non-hydrogen) atoms. The van der Waals surface area contributed by atoms with Crippen LogP contribution in [0.25, 0.3) is 0 Å². The molecule has 1 aromatic carbocycles. The van der Waals surface area contributed by atoms with Gasteiger partial charge in [0.1, 0.15) is 6.04 Å². The van der Waals surface area contributed by atoms with Crippen LogP contribution in [-0.2, 0) is 16.0 Å². The quantitative estimate of drug-likeness (QED) is 0.714. The summed E-state index contributed by atoms with van der Waals surface area (Å²) in [5.41, 5.74) is 0.921. The predicted octanol–water partition coefficient (Wildman–Crippen LogP) is -0.0152. The van der Waals surface area contributed by atoms with Gasteiger partial charge in [-0.05, 0) is 18.4 Å². The topological polar surface area (TPSA) is 78.4 Å². The Balaban J connectivity index is 1.84. The lowest BCUT2D eigenvalue weighted by Crippen LogP contribution is -2.55. The lowest BCUT2D eigenvalue weighted by Gasteiger charge is -2.28. The van der Waals surface area contributed by atoms with Crippen molar-refractivity contribution in [2.24, 2.45) is 0 Å². The second-order valence-electron chi connectivity index (χ2n) is 4.75. The number of rotatable bonds is 4. The minimum Gasteiger partial charge on any atom is -0.394 e. The Kier molecular flexibility index (Phi) is 4.52. The highest BCUT2D eigenvalue weighted by atomic mass is 16.3. The van der Waals surface area contributed by atoms with Gasteiger partial charge in [-0.25, -0.2) is 0 Å². The minimum absolute atomic E-state index is 0.0591. The van der Waals surface area contributed by atoms with Crippen LogP contribution in [0.3, 0.4) is 0 Å². The fourth-order valence-electron chi connectivity index (χ4n) is 2.17. The molecule has 2 unspecified atom stereocenters. The highest BCUT2D eigenvalue weighted by Crippen LogP contribution is 2.09. The molecule has 0 saturated carbocycles. The molecule has 1 aliphatic rings. The minimum atomic E-state index is -0.487. The standard InChI is InChI=1S/C14H18N2O3/c17-9-11-6-7-12(14(19)15-11)16-13(18)8-10-4-2-1-3-5-10/h1-5,11-12,17H,6-9H2,(H,15,19)(H,16,18). The third-order valence-corrected chi connectivity index (χ3v) is 3.23. The summed E-state index contributed by atoms with van der Waals surface area (Å²) < 4.78 is 0. The van der Waals surface area contributed by atoms with E-state index in [9.17, 15) is 9.59 Å². The lowest BCUT2D eigenvalue weighted by atomic mass is 10.00. The molecule has 0 aliphatic carbocycles. The molecule has 2 amide bonds. The van der Waals surface area contributed by atoms with E-state index in [2.05, 4.69) is 10.6 Å². The third-order valence-electron chi connectivity index (χ3n) is 3.23. The van der Waals surface area contributed by atoms with Crippen molar-refractivity contribution in [1.82, 2.24) is 10.6 Å². The Morgan fingerprint density at radius 1 is 1.32 bits per heavy atom. The van der Waals surface area contributed by atoms with Crippen LogP contribution in [0.4, 0.5) is 0 Å². The van der Waals surface area contributed by atoms with Crippen molar-refractivity contribution in [1.29, 1.82) is 0 Å². The molecule has 1 saturated heterocycles. The second-order valence-corrected chi connectivity index (χ2v) is 4.75. The Morgan fingerprint density at radius 2 is 2.05 bits per heavy atom. The molecule has 0 aromatic heterocycles. The molecule has 1 heterocycles. The summed E-state index contributed by atoms with van der Waals surface area (Å²) in [7, 11) is 0. The highest BCUT2D eigenvalue weighted by molar-refractivity contribution is 5.89. The van der Waals surface area contributed by atoms with Crippen molar-refractivity contribution in [3.05, 3.63) is 35.9 Å². The monoisotopic (exact) mass is 262 g/mol. The van der Waals surface area contributed by atoms with E-state index < -0.39 is 6.04 Å². The molecule has 0 bridgehead atoms. The van der Waals surface area contributed by atoms with Crippen molar-refractivity contribution in [3.63, 3.8) is 0 Å². The number of carbonyl (C=O) groups is 2. The van der Waals surface area contributed by atoms with Crippen LogP contribution in [0.2, 0.25) is 0 Å². The van der Waals surface area contributed by atoms with E-state index in [0.717, 1.165) is 5.56 Å². The predicted molar refractivity (Wildman–Crippen MR) is 70.3 cm³/mol. The van der Waals surface area contributed by atoms with E-state index in [4.69, 9.17) is 5.11 Å². The zero-order valence-electron chi connectivity index (χ0n) is 10.6. The highest BCUT2D eigenvalue weighted by Gasteiger charge is 2.28. The van der Waals surface area contributed by atoms with Gasteiger partial charge in [0, 0.05) is 0 Å². The SMILES string of the molecule is O=C(Cc1ccccc1)NC1CCC(CO)NC1=O. The van der Waals surface area contributed by atoms with Gasteiger partial charge < -0.3 is 15.7 Å². The summed E-state index contributed by atoms with van der Waals surface area (Å²) >= 11 is 0.